The lowest BCUT2D eigenvalue weighted by Crippen LogP contribution is -1.69. The minimum atomic E-state index is 1.36. The first kappa shape index (κ1) is 12.5. The molecule has 3 aromatic carbocycles. The first-order valence-electron chi connectivity index (χ1n) is 7.53. The molecule has 0 radical (unpaired) electrons. The summed E-state index contributed by atoms with van der Waals surface area (Å²) >= 11 is 5.70. The lowest BCUT2D eigenvalue weighted by molar-refractivity contribution is 1.87. The van der Waals surface area contributed by atoms with Gasteiger partial charge in [0.15, 0.2) is 0 Å². The predicted molar refractivity (Wildman–Crippen MR) is 108 cm³/mol. The molecule has 3 heterocycles. The molecule has 108 valence electrons. The number of rotatable bonds is 0. The number of thiophene rings is 3. The van der Waals surface area contributed by atoms with Crippen LogP contribution in [0.2, 0.25) is 0 Å². The molecule has 0 nitrogen and oxygen atoms in total. The van der Waals surface area contributed by atoms with E-state index in [-0.39, 0.29) is 0 Å². The Morgan fingerprint density at radius 2 is 1.39 bits per heavy atom. The van der Waals surface area contributed by atoms with E-state index in [2.05, 4.69) is 60.0 Å². The average Bonchev–Trinajstić information content (AvgIpc) is 3.27. The molecule has 23 heavy (non-hydrogen) atoms. The lowest BCUT2D eigenvalue weighted by Gasteiger charge is -1.96. The maximum Gasteiger partial charge on any atom is 0.0449 e. The van der Waals surface area contributed by atoms with Crippen molar-refractivity contribution in [1.29, 1.82) is 0 Å². The molecule has 0 bridgehead atoms. The summed E-state index contributed by atoms with van der Waals surface area (Å²) in [5.74, 6) is 0. The topological polar surface area (TPSA) is 0 Å². The van der Waals surface area contributed by atoms with Gasteiger partial charge in [0, 0.05) is 45.0 Å². The fraction of sp³-hybridized carbons (Fsp3) is 0. The molecule has 3 heteroatoms. The van der Waals surface area contributed by atoms with Gasteiger partial charge in [-0.3, -0.25) is 0 Å². The molecule has 0 aliphatic heterocycles. The third-order valence-electron chi connectivity index (χ3n) is 4.56. The third kappa shape index (κ3) is 1.55. The summed E-state index contributed by atoms with van der Waals surface area (Å²) in [5, 5.41) is 9.24. The van der Waals surface area contributed by atoms with Crippen LogP contribution in [-0.4, -0.2) is 0 Å². The van der Waals surface area contributed by atoms with Crippen molar-refractivity contribution in [2.24, 2.45) is 0 Å². The van der Waals surface area contributed by atoms with Crippen LogP contribution in [0.25, 0.3) is 50.4 Å². The van der Waals surface area contributed by atoms with Crippen molar-refractivity contribution in [3.05, 3.63) is 60.0 Å². The highest BCUT2D eigenvalue weighted by Gasteiger charge is 2.14. The minimum absolute atomic E-state index is 1.36. The zero-order valence-electron chi connectivity index (χ0n) is 12.0. The largest absolute Gasteiger partial charge is 0.143 e. The van der Waals surface area contributed by atoms with Crippen molar-refractivity contribution < 1.29 is 0 Å². The van der Waals surface area contributed by atoms with Crippen LogP contribution in [0.3, 0.4) is 0 Å². The molecule has 0 N–H and O–H groups in total. The van der Waals surface area contributed by atoms with Gasteiger partial charge in [-0.1, -0.05) is 30.3 Å². The van der Waals surface area contributed by atoms with Crippen molar-refractivity contribution in [3.63, 3.8) is 0 Å². The van der Waals surface area contributed by atoms with Crippen LogP contribution in [-0.2, 0) is 0 Å². The van der Waals surface area contributed by atoms with Crippen molar-refractivity contribution in [2.75, 3.05) is 0 Å². The van der Waals surface area contributed by atoms with Crippen molar-refractivity contribution in [1.82, 2.24) is 0 Å². The Morgan fingerprint density at radius 3 is 2.39 bits per heavy atom. The minimum Gasteiger partial charge on any atom is -0.143 e. The van der Waals surface area contributed by atoms with Gasteiger partial charge in [-0.05, 0) is 35.0 Å². The zero-order chi connectivity index (χ0) is 15.0. The molecule has 3 aromatic heterocycles. The zero-order valence-corrected chi connectivity index (χ0v) is 14.4. The molecule has 0 aliphatic rings. The van der Waals surface area contributed by atoms with Gasteiger partial charge in [0.2, 0.25) is 0 Å². The van der Waals surface area contributed by atoms with Crippen molar-refractivity contribution in [2.45, 2.75) is 0 Å². The van der Waals surface area contributed by atoms with Gasteiger partial charge >= 0.3 is 0 Å². The standard InChI is InChI=1S/C20H10S3/c1-2-4-14-12(3-1)17-15(22-14)8-6-13-18-16(23-20(13)17)7-5-11-9-10-21-19(11)18/h1-10H. The number of fused-ring (bicyclic) bond motifs is 9. The quantitative estimate of drug-likeness (QED) is 0.265. The van der Waals surface area contributed by atoms with Crippen molar-refractivity contribution >= 4 is 84.4 Å². The van der Waals surface area contributed by atoms with Crippen LogP contribution in [0.1, 0.15) is 0 Å². The Balaban J connectivity index is 1.96. The molecule has 0 amide bonds. The summed E-state index contributed by atoms with van der Waals surface area (Å²) in [5.41, 5.74) is 0. The molecule has 0 unspecified atom stereocenters. The highest BCUT2D eigenvalue weighted by atomic mass is 32.1. The normalized spacial score (nSPS) is 12.3. The van der Waals surface area contributed by atoms with Gasteiger partial charge < -0.3 is 0 Å². The van der Waals surface area contributed by atoms with E-state index < -0.39 is 0 Å². The van der Waals surface area contributed by atoms with E-state index in [1.807, 2.05) is 34.0 Å². The molecular weight excluding hydrogens is 336 g/mol. The van der Waals surface area contributed by atoms with Gasteiger partial charge in [0.1, 0.15) is 0 Å². The Kier molecular flexibility index (Phi) is 2.35. The van der Waals surface area contributed by atoms with E-state index in [4.69, 9.17) is 0 Å². The molecule has 0 saturated carbocycles. The van der Waals surface area contributed by atoms with Gasteiger partial charge in [0.05, 0.1) is 0 Å². The molecule has 0 fully saturated rings. The van der Waals surface area contributed by atoms with E-state index in [0.29, 0.717) is 0 Å². The van der Waals surface area contributed by atoms with Crippen LogP contribution in [0.5, 0.6) is 0 Å². The fourth-order valence-corrected chi connectivity index (χ4v) is 7.03. The van der Waals surface area contributed by atoms with Gasteiger partial charge in [0.25, 0.3) is 0 Å². The Bertz CT molecular complexity index is 1360. The number of hydrogen-bond donors (Lipinski definition) is 0. The van der Waals surface area contributed by atoms with E-state index in [1.165, 1.54) is 50.4 Å². The first-order valence-corrected chi connectivity index (χ1v) is 10.0. The van der Waals surface area contributed by atoms with E-state index in [9.17, 15) is 0 Å². The summed E-state index contributed by atoms with van der Waals surface area (Å²) in [4.78, 5) is 0. The Morgan fingerprint density at radius 1 is 0.565 bits per heavy atom. The number of benzene rings is 3. The molecule has 0 atom stereocenters. The van der Waals surface area contributed by atoms with Gasteiger partial charge in [-0.15, -0.1) is 34.0 Å². The predicted octanol–water partition coefficient (Wildman–Crippen LogP) is 7.64. The molecule has 6 aromatic rings. The summed E-state index contributed by atoms with van der Waals surface area (Å²) in [6.07, 6.45) is 0. The molecule has 0 saturated heterocycles. The van der Waals surface area contributed by atoms with Gasteiger partial charge in [-0.25, -0.2) is 0 Å². The van der Waals surface area contributed by atoms with Gasteiger partial charge in [-0.2, -0.15) is 0 Å². The van der Waals surface area contributed by atoms with Crippen molar-refractivity contribution in [3.8, 4) is 0 Å². The highest BCUT2D eigenvalue weighted by molar-refractivity contribution is 7.30. The maximum atomic E-state index is 2.32. The van der Waals surface area contributed by atoms with E-state index in [1.54, 1.807) is 0 Å². The molecule has 0 spiro atoms. The summed E-state index contributed by atoms with van der Waals surface area (Å²) in [6, 6.07) is 20.2. The second kappa shape index (κ2) is 4.32. The van der Waals surface area contributed by atoms with Crippen LogP contribution in [0, 0.1) is 0 Å². The monoisotopic (exact) mass is 346 g/mol. The van der Waals surface area contributed by atoms with Crippen LogP contribution in [0.15, 0.2) is 60.0 Å². The highest BCUT2D eigenvalue weighted by Crippen LogP contribution is 2.46. The fourth-order valence-electron chi connectivity index (χ4n) is 3.55. The molecular formula is C20H10S3. The first-order chi connectivity index (χ1) is 11.4. The smallest absolute Gasteiger partial charge is 0.0449 e. The summed E-state index contributed by atoms with van der Waals surface area (Å²) < 4.78 is 7.04. The van der Waals surface area contributed by atoms with E-state index >= 15 is 0 Å². The maximum absolute atomic E-state index is 2.32. The number of hydrogen-bond acceptors (Lipinski definition) is 3. The van der Waals surface area contributed by atoms with Crippen LogP contribution in [0.4, 0.5) is 0 Å². The Hall–Kier alpha value is -1.94. The third-order valence-corrected chi connectivity index (χ3v) is 7.83. The lowest BCUT2D eigenvalue weighted by atomic mass is 10.1. The Labute approximate surface area is 144 Å². The summed E-state index contributed by atoms with van der Waals surface area (Å²) in [6.45, 7) is 0. The van der Waals surface area contributed by atoms with E-state index in [0.717, 1.165) is 0 Å². The van der Waals surface area contributed by atoms with Crippen LogP contribution < -0.4 is 0 Å². The van der Waals surface area contributed by atoms with Crippen LogP contribution >= 0.6 is 34.0 Å². The second-order valence-corrected chi connectivity index (χ2v) is 8.85. The molecule has 6 rings (SSSR count). The molecule has 0 aliphatic carbocycles. The summed E-state index contributed by atoms with van der Waals surface area (Å²) in [7, 11) is 0. The second-order valence-electron chi connectivity index (χ2n) is 5.79. The SMILES string of the molecule is c1ccc2c(c1)sc1ccc3c(sc4ccc5ccsc5c43)c12. The average molecular weight is 347 g/mol.